The fourth-order valence-corrected chi connectivity index (χ4v) is 0.0713. The standard InChI is InChI=1S/C4H6.C3H4O3.CH2O3/c1-3-4-2;1-2-6-3(4)5;2-1(3)4/h3-4H,1-2H2;2H,1H2,(H,4,5);(H2,2,3,4). The molecule has 6 nitrogen and oxygen atoms in total. The van der Waals surface area contributed by atoms with Crippen LogP contribution in [0.2, 0.25) is 0 Å². The zero-order valence-corrected chi connectivity index (χ0v) is 7.42. The van der Waals surface area contributed by atoms with Crippen LogP contribution in [0.4, 0.5) is 9.59 Å². The molecular weight excluding hydrogens is 192 g/mol. The summed E-state index contributed by atoms with van der Waals surface area (Å²) in [6.07, 6.45) is 0.965. The number of rotatable bonds is 2. The summed E-state index contributed by atoms with van der Waals surface area (Å²) in [5.74, 6) is 0. The molecule has 0 amide bonds. The van der Waals surface area contributed by atoms with Gasteiger partial charge in [-0.05, 0) is 0 Å². The third-order valence-electron chi connectivity index (χ3n) is 0.351. The van der Waals surface area contributed by atoms with Crippen LogP contribution in [0.5, 0.6) is 0 Å². The van der Waals surface area contributed by atoms with E-state index in [1.807, 2.05) is 0 Å². The van der Waals surface area contributed by atoms with Gasteiger partial charge in [0.25, 0.3) is 0 Å². The van der Waals surface area contributed by atoms with E-state index in [1.165, 1.54) is 0 Å². The topological polar surface area (TPSA) is 104 Å². The second kappa shape index (κ2) is 17.0. The minimum absolute atomic E-state index is 0.850. The molecule has 0 rings (SSSR count). The summed E-state index contributed by atoms with van der Waals surface area (Å²) in [4.78, 5) is 17.9. The molecule has 80 valence electrons. The van der Waals surface area contributed by atoms with E-state index < -0.39 is 12.3 Å². The van der Waals surface area contributed by atoms with Gasteiger partial charge in [-0.2, -0.15) is 0 Å². The molecule has 0 saturated heterocycles. The highest BCUT2D eigenvalue weighted by Crippen LogP contribution is 1.70. The van der Waals surface area contributed by atoms with Crippen molar-refractivity contribution in [3.8, 4) is 0 Å². The predicted molar refractivity (Wildman–Crippen MR) is 50.4 cm³/mol. The molecule has 0 bridgehead atoms. The maximum atomic E-state index is 9.31. The summed E-state index contributed by atoms with van der Waals surface area (Å²) in [6, 6.07) is 0. The fourth-order valence-electron chi connectivity index (χ4n) is 0.0713. The van der Waals surface area contributed by atoms with Crippen LogP contribution in [-0.2, 0) is 4.74 Å². The van der Waals surface area contributed by atoms with Crippen molar-refractivity contribution >= 4 is 12.3 Å². The molecule has 0 aliphatic carbocycles. The van der Waals surface area contributed by atoms with Gasteiger partial charge in [0.2, 0.25) is 0 Å². The molecule has 6 heteroatoms. The van der Waals surface area contributed by atoms with Crippen LogP contribution < -0.4 is 0 Å². The van der Waals surface area contributed by atoms with Crippen molar-refractivity contribution in [3.05, 3.63) is 38.2 Å². The van der Waals surface area contributed by atoms with Crippen molar-refractivity contribution < 1.29 is 29.6 Å². The van der Waals surface area contributed by atoms with Gasteiger partial charge in [0.05, 0.1) is 6.26 Å². The summed E-state index contributed by atoms with van der Waals surface area (Å²) in [5.41, 5.74) is 0. The molecule has 0 saturated carbocycles. The lowest BCUT2D eigenvalue weighted by molar-refractivity contribution is 0.128. The average molecular weight is 204 g/mol. The van der Waals surface area contributed by atoms with E-state index in [4.69, 9.17) is 20.1 Å². The van der Waals surface area contributed by atoms with Gasteiger partial charge in [0.15, 0.2) is 0 Å². The Bertz CT molecular complexity index is 186. The number of hydrogen-bond acceptors (Lipinski definition) is 3. The summed E-state index contributed by atoms with van der Waals surface area (Å²) in [5, 5.41) is 21.6. The fraction of sp³-hybridized carbons (Fsp3) is 0. The Morgan fingerprint density at radius 1 is 1.00 bits per heavy atom. The highest BCUT2D eigenvalue weighted by molar-refractivity contribution is 5.57. The van der Waals surface area contributed by atoms with Crippen LogP contribution in [0.3, 0.4) is 0 Å². The summed E-state index contributed by atoms with van der Waals surface area (Å²) < 4.78 is 3.72. The lowest BCUT2D eigenvalue weighted by Crippen LogP contribution is -1.89. The Labute approximate surface area is 81.1 Å². The van der Waals surface area contributed by atoms with Gasteiger partial charge >= 0.3 is 12.3 Å². The van der Waals surface area contributed by atoms with Crippen molar-refractivity contribution in [2.24, 2.45) is 0 Å². The van der Waals surface area contributed by atoms with Gasteiger partial charge in [-0.15, -0.1) is 0 Å². The van der Waals surface area contributed by atoms with Crippen molar-refractivity contribution in [3.63, 3.8) is 0 Å². The number of allylic oxidation sites excluding steroid dienone is 2. The Kier molecular flexibility index (Phi) is 21.6. The lowest BCUT2D eigenvalue weighted by atomic mass is 10.6. The highest BCUT2D eigenvalue weighted by Gasteiger charge is 1.84. The highest BCUT2D eigenvalue weighted by atomic mass is 16.7. The Hall–Kier alpha value is -2.24. The molecule has 0 fully saturated rings. The smallest absolute Gasteiger partial charge is 0.450 e. The van der Waals surface area contributed by atoms with Gasteiger partial charge in [0, 0.05) is 0 Å². The Morgan fingerprint density at radius 3 is 1.29 bits per heavy atom. The molecule has 14 heavy (non-hydrogen) atoms. The normalized spacial score (nSPS) is 6.00. The van der Waals surface area contributed by atoms with Crippen LogP contribution >= 0.6 is 0 Å². The maximum absolute atomic E-state index is 9.31. The van der Waals surface area contributed by atoms with Crippen LogP contribution in [0.15, 0.2) is 38.2 Å². The van der Waals surface area contributed by atoms with E-state index >= 15 is 0 Å². The second-order valence-corrected chi connectivity index (χ2v) is 1.30. The molecule has 0 spiro atoms. The van der Waals surface area contributed by atoms with Crippen LogP contribution in [-0.4, -0.2) is 27.6 Å². The maximum Gasteiger partial charge on any atom is 0.510 e. The van der Waals surface area contributed by atoms with Crippen LogP contribution in [0.1, 0.15) is 0 Å². The predicted octanol–water partition coefficient (Wildman–Crippen LogP) is 2.41. The third-order valence-corrected chi connectivity index (χ3v) is 0.351. The minimum Gasteiger partial charge on any atom is -0.450 e. The monoisotopic (exact) mass is 204 g/mol. The molecule has 0 unspecified atom stereocenters. The van der Waals surface area contributed by atoms with Gasteiger partial charge in [-0.25, -0.2) is 9.59 Å². The Morgan fingerprint density at radius 2 is 1.29 bits per heavy atom. The van der Waals surface area contributed by atoms with Crippen molar-refractivity contribution in [1.82, 2.24) is 0 Å². The van der Waals surface area contributed by atoms with Gasteiger partial charge in [-0.3, -0.25) is 0 Å². The minimum atomic E-state index is -1.83. The van der Waals surface area contributed by atoms with Crippen LogP contribution in [0.25, 0.3) is 0 Å². The first kappa shape index (κ1) is 17.7. The van der Waals surface area contributed by atoms with Gasteiger partial charge in [-0.1, -0.05) is 31.9 Å². The van der Waals surface area contributed by atoms with E-state index in [0.717, 1.165) is 6.26 Å². The largest absolute Gasteiger partial charge is 0.510 e. The van der Waals surface area contributed by atoms with Gasteiger partial charge < -0.3 is 20.1 Å². The zero-order chi connectivity index (χ0) is 12.0. The molecular formula is C8H12O6. The second-order valence-electron chi connectivity index (χ2n) is 1.30. The van der Waals surface area contributed by atoms with Crippen molar-refractivity contribution in [1.29, 1.82) is 0 Å². The van der Waals surface area contributed by atoms with E-state index in [0.29, 0.717) is 0 Å². The first-order chi connectivity index (χ1) is 6.42. The SMILES string of the molecule is C=CC=C.C=COC(=O)O.O=C(O)O. The quantitative estimate of drug-likeness (QED) is 0.362. The van der Waals surface area contributed by atoms with Crippen molar-refractivity contribution in [2.75, 3.05) is 0 Å². The number of ether oxygens (including phenoxy) is 1. The molecule has 0 heterocycles. The molecule has 0 atom stereocenters. The number of hydrogen-bond donors (Lipinski definition) is 3. The molecule has 0 radical (unpaired) electrons. The first-order valence-corrected chi connectivity index (χ1v) is 3.08. The van der Waals surface area contributed by atoms with E-state index in [2.05, 4.69) is 24.5 Å². The molecule has 3 N–H and O–H groups in total. The summed E-state index contributed by atoms with van der Waals surface area (Å²) in [6.45, 7) is 9.72. The van der Waals surface area contributed by atoms with E-state index in [-0.39, 0.29) is 0 Å². The molecule has 0 aliphatic heterocycles. The number of carbonyl (C=O) groups is 2. The zero-order valence-electron chi connectivity index (χ0n) is 7.42. The van der Waals surface area contributed by atoms with E-state index in [1.54, 1.807) is 12.2 Å². The molecule has 0 aromatic rings. The lowest BCUT2D eigenvalue weighted by Gasteiger charge is -1.81. The first-order valence-electron chi connectivity index (χ1n) is 3.08. The Balaban J connectivity index is -0.000000135. The molecule has 0 aromatic heterocycles. The third kappa shape index (κ3) is 242. The summed E-state index contributed by atoms with van der Waals surface area (Å²) >= 11 is 0. The van der Waals surface area contributed by atoms with E-state index in [9.17, 15) is 4.79 Å². The van der Waals surface area contributed by atoms with Gasteiger partial charge in [0.1, 0.15) is 0 Å². The number of carboxylic acid groups (broad SMARTS) is 3. The van der Waals surface area contributed by atoms with Crippen LogP contribution in [0, 0.1) is 0 Å². The van der Waals surface area contributed by atoms with Crippen molar-refractivity contribution in [2.45, 2.75) is 0 Å². The molecule has 0 aromatic carbocycles. The molecule has 0 aliphatic rings. The average Bonchev–Trinajstić information content (AvgIpc) is 2.03. The summed E-state index contributed by atoms with van der Waals surface area (Å²) in [7, 11) is 0.